The van der Waals surface area contributed by atoms with E-state index in [2.05, 4.69) is 15.4 Å². The number of thiophene rings is 1. The van der Waals surface area contributed by atoms with E-state index < -0.39 is 6.61 Å². The smallest absolute Gasteiger partial charge is 0.387 e. The van der Waals surface area contributed by atoms with Crippen LogP contribution in [0.4, 0.5) is 8.78 Å². The monoisotopic (exact) mass is 298 g/mol. The molecule has 1 aliphatic heterocycles. The van der Waals surface area contributed by atoms with E-state index in [1.165, 1.54) is 6.07 Å². The molecule has 102 valence electrons. The fourth-order valence-electron chi connectivity index (χ4n) is 1.46. The SMILES string of the molecule is Cl.O=C(NCC1CNC1)c1sccc1OC(F)F. The molecular formula is C10H13ClF2N2O2S. The van der Waals surface area contributed by atoms with Crippen molar-refractivity contribution in [3.8, 4) is 5.75 Å². The minimum Gasteiger partial charge on any atom is -0.433 e. The average Bonchev–Trinajstić information content (AvgIpc) is 2.62. The topological polar surface area (TPSA) is 50.4 Å². The first-order chi connectivity index (χ1) is 8.16. The summed E-state index contributed by atoms with van der Waals surface area (Å²) >= 11 is 1.09. The molecule has 0 bridgehead atoms. The van der Waals surface area contributed by atoms with Gasteiger partial charge in [0.25, 0.3) is 5.91 Å². The zero-order valence-electron chi connectivity index (χ0n) is 9.32. The van der Waals surface area contributed by atoms with E-state index in [1.807, 2.05) is 0 Å². The van der Waals surface area contributed by atoms with Gasteiger partial charge in [0.05, 0.1) is 0 Å². The van der Waals surface area contributed by atoms with Crippen molar-refractivity contribution >= 4 is 29.7 Å². The minimum atomic E-state index is -2.91. The number of carbonyl (C=O) groups is 1. The fourth-order valence-corrected chi connectivity index (χ4v) is 2.20. The normalized spacial score (nSPS) is 14.8. The molecule has 0 radical (unpaired) electrons. The molecule has 18 heavy (non-hydrogen) atoms. The summed E-state index contributed by atoms with van der Waals surface area (Å²) < 4.78 is 28.4. The second kappa shape index (κ2) is 6.86. The van der Waals surface area contributed by atoms with Gasteiger partial charge in [-0.2, -0.15) is 8.78 Å². The second-order valence-corrected chi connectivity index (χ2v) is 4.64. The average molecular weight is 299 g/mol. The van der Waals surface area contributed by atoms with Gasteiger partial charge in [-0.15, -0.1) is 23.7 Å². The molecule has 2 N–H and O–H groups in total. The van der Waals surface area contributed by atoms with Gasteiger partial charge in [-0.05, 0) is 11.4 Å². The van der Waals surface area contributed by atoms with Gasteiger partial charge in [-0.25, -0.2) is 0 Å². The van der Waals surface area contributed by atoms with Crippen LogP contribution in [-0.2, 0) is 0 Å². The first-order valence-electron chi connectivity index (χ1n) is 5.18. The Kier molecular flexibility index (Phi) is 5.77. The fraction of sp³-hybridized carbons (Fsp3) is 0.500. The van der Waals surface area contributed by atoms with Crippen molar-refractivity contribution in [2.24, 2.45) is 5.92 Å². The van der Waals surface area contributed by atoms with Crippen molar-refractivity contribution in [1.29, 1.82) is 0 Å². The molecule has 1 saturated heterocycles. The highest BCUT2D eigenvalue weighted by Gasteiger charge is 2.20. The van der Waals surface area contributed by atoms with Crippen LogP contribution >= 0.6 is 23.7 Å². The third-order valence-corrected chi connectivity index (χ3v) is 3.36. The van der Waals surface area contributed by atoms with E-state index in [0.717, 1.165) is 24.4 Å². The third-order valence-electron chi connectivity index (χ3n) is 2.47. The van der Waals surface area contributed by atoms with Gasteiger partial charge in [0.15, 0.2) is 0 Å². The Morgan fingerprint density at radius 1 is 1.61 bits per heavy atom. The van der Waals surface area contributed by atoms with Crippen molar-refractivity contribution < 1.29 is 18.3 Å². The van der Waals surface area contributed by atoms with Gasteiger partial charge in [-0.3, -0.25) is 4.79 Å². The third kappa shape index (κ3) is 3.79. The molecular weight excluding hydrogens is 286 g/mol. The first kappa shape index (κ1) is 15.1. The van der Waals surface area contributed by atoms with Crippen LogP contribution in [0, 0.1) is 5.92 Å². The Labute approximate surface area is 113 Å². The Balaban J connectivity index is 0.00000162. The minimum absolute atomic E-state index is 0. The van der Waals surface area contributed by atoms with Crippen molar-refractivity contribution in [1.82, 2.24) is 10.6 Å². The number of carbonyl (C=O) groups excluding carboxylic acids is 1. The Morgan fingerprint density at radius 3 is 2.89 bits per heavy atom. The first-order valence-corrected chi connectivity index (χ1v) is 6.06. The van der Waals surface area contributed by atoms with E-state index in [0.29, 0.717) is 12.5 Å². The highest BCUT2D eigenvalue weighted by molar-refractivity contribution is 7.12. The molecule has 0 aliphatic carbocycles. The van der Waals surface area contributed by atoms with Crippen molar-refractivity contribution in [3.63, 3.8) is 0 Å². The number of hydrogen-bond donors (Lipinski definition) is 2. The van der Waals surface area contributed by atoms with Crippen LogP contribution in [-0.4, -0.2) is 32.2 Å². The van der Waals surface area contributed by atoms with E-state index in [-0.39, 0.29) is 28.9 Å². The molecule has 0 atom stereocenters. The number of ether oxygens (including phenoxy) is 1. The molecule has 1 amide bonds. The van der Waals surface area contributed by atoms with Gasteiger partial charge in [-0.1, -0.05) is 0 Å². The van der Waals surface area contributed by atoms with E-state index in [9.17, 15) is 13.6 Å². The highest BCUT2D eigenvalue weighted by atomic mass is 35.5. The van der Waals surface area contributed by atoms with E-state index >= 15 is 0 Å². The molecule has 0 aromatic carbocycles. The largest absolute Gasteiger partial charge is 0.433 e. The van der Waals surface area contributed by atoms with Crippen molar-refractivity contribution in [2.45, 2.75) is 6.61 Å². The van der Waals surface area contributed by atoms with Crippen molar-refractivity contribution in [2.75, 3.05) is 19.6 Å². The molecule has 1 aromatic heterocycles. The highest BCUT2D eigenvalue weighted by Crippen LogP contribution is 2.26. The van der Waals surface area contributed by atoms with Gasteiger partial charge in [0.1, 0.15) is 10.6 Å². The Morgan fingerprint density at radius 2 is 2.33 bits per heavy atom. The summed E-state index contributed by atoms with van der Waals surface area (Å²) in [5.74, 6) is 0.00941. The Hall–Kier alpha value is -0.920. The summed E-state index contributed by atoms with van der Waals surface area (Å²) in [6.45, 7) is -0.597. The maximum Gasteiger partial charge on any atom is 0.387 e. The van der Waals surface area contributed by atoms with Crippen LogP contribution < -0.4 is 15.4 Å². The van der Waals surface area contributed by atoms with Crippen LogP contribution in [0.25, 0.3) is 0 Å². The maximum atomic E-state index is 12.1. The van der Waals surface area contributed by atoms with E-state index in [4.69, 9.17) is 0 Å². The number of rotatable bonds is 5. The van der Waals surface area contributed by atoms with Crippen LogP contribution in [0.5, 0.6) is 5.75 Å². The van der Waals surface area contributed by atoms with E-state index in [1.54, 1.807) is 5.38 Å². The lowest BCUT2D eigenvalue weighted by Gasteiger charge is -2.26. The summed E-state index contributed by atoms with van der Waals surface area (Å²) in [6, 6.07) is 1.37. The summed E-state index contributed by atoms with van der Waals surface area (Å²) in [4.78, 5) is 11.9. The van der Waals surface area contributed by atoms with Crippen LogP contribution in [0.15, 0.2) is 11.4 Å². The maximum absolute atomic E-state index is 12.1. The molecule has 2 rings (SSSR count). The zero-order chi connectivity index (χ0) is 12.3. The van der Waals surface area contributed by atoms with Gasteiger partial charge >= 0.3 is 6.61 Å². The van der Waals surface area contributed by atoms with Crippen LogP contribution in [0.2, 0.25) is 0 Å². The second-order valence-electron chi connectivity index (χ2n) is 3.73. The number of halogens is 3. The summed E-state index contributed by atoms with van der Waals surface area (Å²) in [5.41, 5.74) is 0. The molecule has 4 nitrogen and oxygen atoms in total. The summed E-state index contributed by atoms with van der Waals surface area (Å²) in [6.07, 6.45) is 0. The molecule has 2 heterocycles. The number of hydrogen-bond acceptors (Lipinski definition) is 4. The van der Waals surface area contributed by atoms with Crippen LogP contribution in [0.1, 0.15) is 9.67 Å². The summed E-state index contributed by atoms with van der Waals surface area (Å²) in [5, 5.41) is 7.34. The van der Waals surface area contributed by atoms with Crippen LogP contribution in [0.3, 0.4) is 0 Å². The zero-order valence-corrected chi connectivity index (χ0v) is 11.0. The number of amides is 1. The van der Waals surface area contributed by atoms with Crippen molar-refractivity contribution in [3.05, 3.63) is 16.3 Å². The lowest BCUT2D eigenvalue weighted by Crippen LogP contribution is -2.48. The quantitative estimate of drug-likeness (QED) is 0.870. The summed E-state index contributed by atoms with van der Waals surface area (Å²) in [7, 11) is 0. The molecule has 1 fully saturated rings. The standard InChI is InChI=1S/C10H12F2N2O2S.ClH/c11-10(12)16-7-1-2-17-8(7)9(15)14-5-6-3-13-4-6;/h1-2,6,10,13H,3-5H2,(H,14,15);1H. The predicted octanol–water partition coefficient (Wildman–Crippen LogP) is 1.72. The Bertz CT molecular complexity index is 399. The lowest BCUT2D eigenvalue weighted by molar-refractivity contribution is -0.0498. The van der Waals surface area contributed by atoms with Gasteiger partial charge in [0.2, 0.25) is 0 Å². The molecule has 0 unspecified atom stereocenters. The van der Waals surface area contributed by atoms with Gasteiger partial charge in [0, 0.05) is 25.6 Å². The number of alkyl halides is 2. The van der Waals surface area contributed by atoms with Gasteiger partial charge < -0.3 is 15.4 Å². The molecule has 8 heteroatoms. The molecule has 1 aromatic rings. The lowest BCUT2D eigenvalue weighted by atomic mass is 10.0. The molecule has 0 spiro atoms. The predicted molar refractivity (Wildman–Crippen MR) is 66.9 cm³/mol. The molecule has 1 aliphatic rings. The number of nitrogens with one attached hydrogen (secondary N) is 2. The molecule has 0 saturated carbocycles.